The topological polar surface area (TPSA) is 37.3 Å². The first-order valence-corrected chi connectivity index (χ1v) is 5.41. The lowest BCUT2D eigenvalue weighted by Crippen LogP contribution is -1.97. The molecule has 0 radical (unpaired) electrons. The first-order chi connectivity index (χ1) is 8.27. The fourth-order valence-electron chi connectivity index (χ4n) is 2.23. The normalized spacial score (nSPS) is 10.8. The van der Waals surface area contributed by atoms with E-state index >= 15 is 0 Å². The van der Waals surface area contributed by atoms with Gasteiger partial charge in [0.1, 0.15) is 0 Å². The molecule has 0 unspecified atom stereocenters. The minimum atomic E-state index is -0.883. The van der Waals surface area contributed by atoms with Gasteiger partial charge < -0.3 is 5.11 Å². The molecule has 0 aliphatic rings. The Labute approximate surface area is 98.1 Å². The van der Waals surface area contributed by atoms with Gasteiger partial charge in [-0.15, -0.1) is 0 Å². The van der Waals surface area contributed by atoms with Crippen LogP contribution in [0.25, 0.3) is 21.5 Å². The first kappa shape index (κ1) is 9.85. The second-order valence-corrected chi connectivity index (χ2v) is 3.99. The fourth-order valence-corrected chi connectivity index (χ4v) is 2.23. The highest BCUT2D eigenvalue weighted by molar-refractivity contribution is 6.13. The van der Waals surface area contributed by atoms with Crippen LogP contribution in [0.3, 0.4) is 0 Å². The van der Waals surface area contributed by atoms with E-state index in [1.54, 1.807) is 12.1 Å². The largest absolute Gasteiger partial charge is 0.478 e. The molecule has 1 N–H and O–H groups in total. The average Bonchev–Trinajstić information content (AvgIpc) is 2.37. The summed E-state index contributed by atoms with van der Waals surface area (Å²) in [4.78, 5) is 11.2. The maximum absolute atomic E-state index is 11.2. The molecule has 82 valence electrons. The van der Waals surface area contributed by atoms with Crippen LogP contribution in [0.4, 0.5) is 0 Å². The first-order valence-electron chi connectivity index (χ1n) is 5.41. The maximum Gasteiger partial charge on any atom is 0.336 e. The van der Waals surface area contributed by atoms with Gasteiger partial charge in [0, 0.05) is 0 Å². The van der Waals surface area contributed by atoms with Gasteiger partial charge in [-0.3, -0.25) is 0 Å². The molecule has 0 aliphatic carbocycles. The highest BCUT2D eigenvalue weighted by Crippen LogP contribution is 2.27. The minimum Gasteiger partial charge on any atom is -0.478 e. The van der Waals surface area contributed by atoms with Crippen LogP contribution in [0.1, 0.15) is 10.4 Å². The van der Waals surface area contributed by atoms with Gasteiger partial charge in [-0.25, -0.2) is 4.79 Å². The zero-order valence-electron chi connectivity index (χ0n) is 9.05. The van der Waals surface area contributed by atoms with Gasteiger partial charge in [0.05, 0.1) is 5.56 Å². The number of aromatic carboxylic acids is 1. The Morgan fingerprint density at radius 3 is 2.35 bits per heavy atom. The lowest BCUT2D eigenvalue weighted by Gasteiger charge is -2.06. The van der Waals surface area contributed by atoms with Gasteiger partial charge in [-0.1, -0.05) is 48.5 Å². The van der Waals surface area contributed by atoms with Crippen LogP contribution >= 0.6 is 0 Å². The number of rotatable bonds is 1. The zero-order valence-corrected chi connectivity index (χ0v) is 9.05. The molecule has 0 spiro atoms. The van der Waals surface area contributed by atoms with Crippen molar-refractivity contribution in [1.82, 2.24) is 0 Å². The SMILES string of the molecule is O=C(O)c1cccc2c1ccc1ccccc12. The maximum atomic E-state index is 11.2. The number of hydrogen-bond acceptors (Lipinski definition) is 1. The van der Waals surface area contributed by atoms with Crippen LogP contribution in [0.5, 0.6) is 0 Å². The number of carboxylic acid groups (broad SMARTS) is 1. The van der Waals surface area contributed by atoms with Crippen LogP contribution < -0.4 is 0 Å². The number of benzene rings is 3. The highest BCUT2D eigenvalue weighted by Gasteiger charge is 2.09. The summed E-state index contributed by atoms with van der Waals surface area (Å²) in [6, 6.07) is 17.2. The van der Waals surface area contributed by atoms with Crippen molar-refractivity contribution in [2.45, 2.75) is 0 Å². The molecule has 0 heterocycles. The van der Waals surface area contributed by atoms with Crippen molar-refractivity contribution in [3.05, 3.63) is 60.2 Å². The van der Waals surface area contributed by atoms with E-state index in [2.05, 4.69) is 0 Å². The molecule has 0 amide bonds. The molecule has 0 fully saturated rings. The number of carboxylic acids is 1. The van der Waals surface area contributed by atoms with Gasteiger partial charge in [-0.05, 0) is 27.6 Å². The molecule has 0 bridgehead atoms. The van der Waals surface area contributed by atoms with E-state index in [4.69, 9.17) is 5.11 Å². The predicted molar refractivity (Wildman–Crippen MR) is 68.4 cm³/mol. The van der Waals surface area contributed by atoms with Gasteiger partial charge in [-0.2, -0.15) is 0 Å². The molecule has 3 rings (SSSR count). The summed E-state index contributed by atoms with van der Waals surface area (Å²) in [5, 5.41) is 13.2. The van der Waals surface area contributed by atoms with E-state index < -0.39 is 5.97 Å². The van der Waals surface area contributed by atoms with Crippen LogP contribution in [0, 0.1) is 0 Å². The van der Waals surface area contributed by atoms with Crippen molar-refractivity contribution in [2.24, 2.45) is 0 Å². The Bertz CT molecular complexity index is 729. The Morgan fingerprint density at radius 1 is 0.765 bits per heavy atom. The Morgan fingerprint density at radius 2 is 1.53 bits per heavy atom. The molecule has 3 aromatic carbocycles. The Balaban J connectivity index is 2.52. The van der Waals surface area contributed by atoms with Gasteiger partial charge in [0.2, 0.25) is 0 Å². The molecule has 17 heavy (non-hydrogen) atoms. The standard InChI is InChI=1S/C15H10O2/c16-15(17)14-7-3-6-12-11-5-2-1-4-10(11)8-9-13(12)14/h1-9H,(H,16,17). The second-order valence-electron chi connectivity index (χ2n) is 3.99. The van der Waals surface area contributed by atoms with E-state index in [-0.39, 0.29) is 0 Å². The van der Waals surface area contributed by atoms with Gasteiger partial charge in [0.15, 0.2) is 0 Å². The summed E-state index contributed by atoms with van der Waals surface area (Å²) in [6.07, 6.45) is 0. The number of carbonyl (C=O) groups is 1. The number of hydrogen-bond donors (Lipinski definition) is 1. The summed E-state index contributed by atoms with van der Waals surface area (Å²) in [7, 11) is 0. The third-order valence-electron chi connectivity index (χ3n) is 3.02. The number of fused-ring (bicyclic) bond motifs is 3. The Kier molecular flexibility index (Phi) is 2.08. The molecule has 0 aromatic heterocycles. The monoisotopic (exact) mass is 222 g/mol. The van der Waals surface area contributed by atoms with E-state index in [1.165, 1.54) is 0 Å². The van der Waals surface area contributed by atoms with Crippen LogP contribution in [-0.2, 0) is 0 Å². The van der Waals surface area contributed by atoms with Crippen LogP contribution in [0.15, 0.2) is 54.6 Å². The zero-order chi connectivity index (χ0) is 11.8. The highest BCUT2D eigenvalue weighted by atomic mass is 16.4. The van der Waals surface area contributed by atoms with E-state index in [0.29, 0.717) is 5.56 Å². The van der Waals surface area contributed by atoms with Crippen molar-refractivity contribution < 1.29 is 9.90 Å². The van der Waals surface area contributed by atoms with Crippen molar-refractivity contribution in [2.75, 3.05) is 0 Å². The summed E-state index contributed by atoms with van der Waals surface area (Å²) in [6.45, 7) is 0. The lowest BCUT2D eigenvalue weighted by molar-refractivity contribution is 0.0699. The lowest BCUT2D eigenvalue weighted by atomic mass is 9.98. The summed E-state index contributed by atoms with van der Waals surface area (Å²) >= 11 is 0. The summed E-state index contributed by atoms with van der Waals surface area (Å²) in [5.41, 5.74) is 0.355. The minimum absolute atomic E-state index is 0.355. The van der Waals surface area contributed by atoms with Crippen molar-refractivity contribution in [3.8, 4) is 0 Å². The third-order valence-corrected chi connectivity index (χ3v) is 3.02. The Hall–Kier alpha value is -2.35. The van der Waals surface area contributed by atoms with E-state index in [1.807, 2.05) is 42.5 Å². The summed E-state index contributed by atoms with van der Waals surface area (Å²) < 4.78 is 0. The predicted octanol–water partition coefficient (Wildman–Crippen LogP) is 3.69. The second kappa shape index (κ2) is 3.59. The van der Waals surface area contributed by atoms with Crippen molar-refractivity contribution in [1.29, 1.82) is 0 Å². The average molecular weight is 222 g/mol. The molecule has 0 atom stereocenters. The fraction of sp³-hybridized carbons (Fsp3) is 0. The molecule has 0 aliphatic heterocycles. The molecule has 0 saturated heterocycles. The molecule has 0 saturated carbocycles. The quantitative estimate of drug-likeness (QED) is 0.637. The summed E-state index contributed by atoms with van der Waals surface area (Å²) in [5.74, 6) is -0.883. The van der Waals surface area contributed by atoms with Crippen molar-refractivity contribution >= 4 is 27.5 Å². The molecular formula is C15H10O2. The molecule has 2 nitrogen and oxygen atoms in total. The van der Waals surface area contributed by atoms with Crippen LogP contribution in [-0.4, -0.2) is 11.1 Å². The van der Waals surface area contributed by atoms with E-state index in [0.717, 1.165) is 21.5 Å². The molecular weight excluding hydrogens is 212 g/mol. The smallest absolute Gasteiger partial charge is 0.336 e. The van der Waals surface area contributed by atoms with E-state index in [9.17, 15) is 4.79 Å². The van der Waals surface area contributed by atoms with Gasteiger partial charge >= 0.3 is 5.97 Å². The molecule has 3 aromatic rings. The molecule has 2 heteroatoms. The van der Waals surface area contributed by atoms with Gasteiger partial charge in [0.25, 0.3) is 0 Å². The van der Waals surface area contributed by atoms with Crippen LogP contribution in [0.2, 0.25) is 0 Å². The third kappa shape index (κ3) is 1.46. The van der Waals surface area contributed by atoms with Crippen molar-refractivity contribution in [3.63, 3.8) is 0 Å².